The third-order valence-corrected chi connectivity index (χ3v) is 3.60. The fourth-order valence-electron chi connectivity index (χ4n) is 1.81. The number of halogens is 1. The maximum Gasteiger partial charge on any atom is 0.160 e. The summed E-state index contributed by atoms with van der Waals surface area (Å²) in [5, 5.41) is 5.58. The van der Waals surface area contributed by atoms with Crippen LogP contribution >= 0.6 is 22.6 Å². The number of fused-ring (bicyclic) bond motifs is 1. The van der Waals surface area contributed by atoms with Crippen molar-refractivity contribution in [1.29, 1.82) is 0 Å². The van der Waals surface area contributed by atoms with Gasteiger partial charge in [0.15, 0.2) is 5.78 Å². The van der Waals surface area contributed by atoms with Crippen molar-refractivity contribution < 1.29 is 4.79 Å². The summed E-state index contributed by atoms with van der Waals surface area (Å²) in [5.41, 5.74) is 6.82. The van der Waals surface area contributed by atoms with Crippen LogP contribution in [0.5, 0.6) is 0 Å². The first-order chi connectivity index (χ1) is 8.72. The Balaban J connectivity index is 2.15. The lowest BCUT2D eigenvalue weighted by Gasteiger charge is -2.13. The van der Waals surface area contributed by atoms with Gasteiger partial charge in [-0.2, -0.15) is 0 Å². The molecule has 0 aromatic heterocycles. The largest absolute Gasteiger partial charge is 0.383 e. The molecule has 0 heterocycles. The van der Waals surface area contributed by atoms with Crippen LogP contribution in [0.25, 0.3) is 10.8 Å². The van der Waals surface area contributed by atoms with Gasteiger partial charge in [-0.3, -0.25) is 4.79 Å². The highest BCUT2D eigenvalue weighted by molar-refractivity contribution is 14.1. The minimum atomic E-state index is -0.444. The molecule has 0 spiro atoms. The molecule has 2 rings (SSSR count). The molecule has 1 unspecified atom stereocenters. The van der Waals surface area contributed by atoms with Crippen LogP contribution in [0, 0.1) is 0 Å². The van der Waals surface area contributed by atoms with Gasteiger partial charge in [0.05, 0.1) is 10.5 Å². The summed E-state index contributed by atoms with van der Waals surface area (Å²) in [7, 11) is 0. The van der Waals surface area contributed by atoms with Crippen LogP contribution in [0.15, 0.2) is 42.5 Å². The SMILES string of the molecule is NC(CNc1cccc2ccccc12)C(=O)CI. The molecule has 0 bridgehead atoms. The summed E-state index contributed by atoms with van der Waals surface area (Å²) in [4.78, 5) is 11.4. The molecule has 0 radical (unpaired) electrons. The number of carbonyl (C=O) groups is 1. The molecule has 0 fully saturated rings. The average Bonchev–Trinajstić information content (AvgIpc) is 2.43. The van der Waals surface area contributed by atoms with E-state index in [1.807, 2.05) is 46.9 Å². The van der Waals surface area contributed by atoms with Crippen LogP contribution in [0.4, 0.5) is 5.69 Å². The minimum absolute atomic E-state index is 0.0725. The zero-order valence-corrected chi connectivity index (χ0v) is 12.1. The number of nitrogens with one attached hydrogen (secondary N) is 1. The Morgan fingerprint density at radius 1 is 1.22 bits per heavy atom. The van der Waals surface area contributed by atoms with Crippen LogP contribution in [-0.4, -0.2) is 22.8 Å². The van der Waals surface area contributed by atoms with Crippen LogP contribution < -0.4 is 11.1 Å². The van der Waals surface area contributed by atoms with E-state index < -0.39 is 6.04 Å². The van der Waals surface area contributed by atoms with Crippen molar-refractivity contribution in [3.05, 3.63) is 42.5 Å². The van der Waals surface area contributed by atoms with Crippen molar-refractivity contribution in [3.63, 3.8) is 0 Å². The number of ketones is 1. The molecule has 0 amide bonds. The van der Waals surface area contributed by atoms with Gasteiger partial charge in [0.25, 0.3) is 0 Å². The number of nitrogens with two attached hydrogens (primary N) is 1. The van der Waals surface area contributed by atoms with Crippen molar-refractivity contribution in [2.75, 3.05) is 16.3 Å². The normalized spacial score (nSPS) is 12.3. The van der Waals surface area contributed by atoms with E-state index in [1.54, 1.807) is 0 Å². The number of alkyl halides is 1. The molecule has 3 nitrogen and oxygen atoms in total. The number of hydrogen-bond acceptors (Lipinski definition) is 3. The van der Waals surface area contributed by atoms with E-state index in [1.165, 1.54) is 5.39 Å². The van der Waals surface area contributed by atoms with E-state index in [0.29, 0.717) is 11.0 Å². The average molecular weight is 354 g/mol. The predicted octanol–water partition coefficient (Wildman–Crippen LogP) is 2.58. The molecular weight excluding hydrogens is 339 g/mol. The summed E-state index contributed by atoms with van der Waals surface area (Å²) in [5.74, 6) is 0.0725. The highest BCUT2D eigenvalue weighted by atomic mass is 127. The molecule has 0 aliphatic heterocycles. The van der Waals surface area contributed by atoms with Gasteiger partial charge in [-0.1, -0.05) is 59.0 Å². The fourth-order valence-corrected chi connectivity index (χ4v) is 2.38. The van der Waals surface area contributed by atoms with Gasteiger partial charge >= 0.3 is 0 Å². The first kappa shape index (κ1) is 13.3. The van der Waals surface area contributed by atoms with Crippen molar-refractivity contribution in [1.82, 2.24) is 0 Å². The molecule has 1 atom stereocenters. The van der Waals surface area contributed by atoms with E-state index >= 15 is 0 Å². The number of carbonyl (C=O) groups excluding carboxylic acids is 1. The summed E-state index contributed by atoms with van der Waals surface area (Å²) in [6.45, 7) is 0.468. The molecule has 2 aromatic rings. The molecule has 0 saturated carbocycles. The van der Waals surface area contributed by atoms with Gasteiger partial charge in [-0.25, -0.2) is 0 Å². The molecule has 18 heavy (non-hydrogen) atoms. The van der Waals surface area contributed by atoms with Crippen molar-refractivity contribution in [3.8, 4) is 0 Å². The summed E-state index contributed by atoms with van der Waals surface area (Å²) in [6, 6.07) is 13.8. The lowest BCUT2D eigenvalue weighted by Crippen LogP contribution is -2.37. The second kappa shape index (κ2) is 6.15. The first-order valence-electron chi connectivity index (χ1n) is 5.78. The Labute approximate surface area is 120 Å². The first-order valence-corrected chi connectivity index (χ1v) is 7.31. The summed E-state index contributed by atoms with van der Waals surface area (Å²) >= 11 is 2.04. The standard InChI is InChI=1S/C14H15IN2O/c15-8-14(18)12(16)9-17-13-7-3-5-10-4-1-2-6-11(10)13/h1-7,12,17H,8-9,16H2. The van der Waals surface area contributed by atoms with Crippen molar-refractivity contribution in [2.24, 2.45) is 5.73 Å². The minimum Gasteiger partial charge on any atom is -0.383 e. The molecule has 2 aromatic carbocycles. The van der Waals surface area contributed by atoms with Crippen LogP contribution in [0.3, 0.4) is 0 Å². The lowest BCUT2D eigenvalue weighted by atomic mass is 10.1. The molecule has 0 saturated heterocycles. The molecular formula is C14H15IN2O. The van der Waals surface area contributed by atoms with Gasteiger partial charge in [-0.05, 0) is 11.5 Å². The summed E-state index contributed by atoms with van der Waals surface area (Å²) < 4.78 is 0.455. The van der Waals surface area contributed by atoms with E-state index in [-0.39, 0.29) is 5.78 Å². The smallest absolute Gasteiger partial charge is 0.160 e. The Morgan fingerprint density at radius 2 is 1.94 bits per heavy atom. The third-order valence-electron chi connectivity index (χ3n) is 2.85. The summed E-state index contributed by atoms with van der Waals surface area (Å²) in [6.07, 6.45) is 0. The molecule has 0 aliphatic rings. The monoisotopic (exact) mass is 354 g/mol. The Kier molecular flexibility index (Phi) is 4.54. The lowest BCUT2D eigenvalue weighted by molar-refractivity contribution is -0.117. The van der Waals surface area contributed by atoms with Crippen LogP contribution in [-0.2, 0) is 4.79 Å². The zero-order chi connectivity index (χ0) is 13.0. The highest BCUT2D eigenvalue weighted by Crippen LogP contribution is 2.22. The van der Waals surface area contributed by atoms with E-state index in [2.05, 4.69) is 23.5 Å². The van der Waals surface area contributed by atoms with Crippen molar-refractivity contribution in [2.45, 2.75) is 6.04 Å². The third kappa shape index (κ3) is 3.00. The fraction of sp³-hybridized carbons (Fsp3) is 0.214. The van der Waals surface area contributed by atoms with E-state index in [0.717, 1.165) is 11.1 Å². The zero-order valence-electron chi connectivity index (χ0n) is 9.90. The van der Waals surface area contributed by atoms with Crippen molar-refractivity contribution >= 4 is 44.8 Å². The molecule has 4 heteroatoms. The molecule has 0 aliphatic carbocycles. The maximum atomic E-state index is 11.4. The number of Topliss-reactive ketones (excluding diaryl/α,β-unsaturated/α-hetero) is 1. The second-order valence-electron chi connectivity index (χ2n) is 4.11. The Morgan fingerprint density at radius 3 is 2.72 bits per heavy atom. The highest BCUT2D eigenvalue weighted by Gasteiger charge is 2.11. The maximum absolute atomic E-state index is 11.4. The predicted molar refractivity (Wildman–Crippen MR) is 84.3 cm³/mol. The molecule has 3 N–H and O–H groups in total. The number of hydrogen-bond donors (Lipinski definition) is 2. The van der Waals surface area contributed by atoms with Gasteiger partial charge in [0.2, 0.25) is 0 Å². The van der Waals surface area contributed by atoms with Crippen LogP contribution in [0.1, 0.15) is 0 Å². The second-order valence-corrected chi connectivity index (χ2v) is 4.88. The van der Waals surface area contributed by atoms with E-state index in [4.69, 9.17) is 5.73 Å². The Bertz CT molecular complexity index is 551. The number of anilines is 1. The van der Waals surface area contributed by atoms with Gasteiger partial charge in [-0.15, -0.1) is 0 Å². The molecule has 94 valence electrons. The van der Waals surface area contributed by atoms with Crippen LogP contribution in [0.2, 0.25) is 0 Å². The van der Waals surface area contributed by atoms with Gasteiger partial charge in [0.1, 0.15) is 0 Å². The van der Waals surface area contributed by atoms with E-state index in [9.17, 15) is 4.79 Å². The van der Waals surface area contributed by atoms with Gasteiger partial charge in [0, 0.05) is 17.6 Å². The Hall–Kier alpha value is -1.14. The quantitative estimate of drug-likeness (QED) is 0.641. The number of rotatable bonds is 5. The number of benzene rings is 2. The van der Waals surface area contributed by atoms with Gasteiger partial charge < -0.3 is 11.1 Å². The topological polar surface area (TPSA) is 55.1 Å².